The van der Waals surface area contributed by atoms with Gasteiger partial charge in [-0.15, -0.1) is 12.4 Å². The maximum absolute atomic E-state index is 5.77. The molecule has 0 spiro atoms. The Morgan fingerprint density at radius 1 is 1.18 bits per heavy atom. The summed E-state index contributed by atoms with van der Waals surface area (Å²) < 4.78 is 11.0. The molecule has 0 unspecified atom stereocenters. The molecular formula is C13H20ClNO2. The minimum atomic E-state index is -0.139. The third-order valence-electron chi connectivity index (χ3n) is 3.40. The first-order chi connectivity index (χ1) is 7.80. The van der Waals surface area contributed by atoms with Crippen LogP contribution in [0.5, 0.6) is 5.75 Å². The lowest BCUT2D eigenvalue weighted by Gasteiger charge is -2.37. The number of piperidine rings is 1. The molecule has 4 heteroatoms. The van der Waals surface area contributed by atoms with Gasteiger partial charge in [-0.3, -0.25) is 0 Å². The second kappa shape index (κ2) is 6.24. The highest BCUT2D eigenvalue weighted by atomic mass is 35.5. The number of methoxy groups -OCH3 is 2. The van der Waals surface area contributed by atoms with Crippen LogP contribution in [0.2, 0.25) is 0 Å². The first kappa shape index (κ1) is 14.3. The molecule has 0 radical (unpaired) electrons. The Labute approximate surface area is 109 Å². The van der Waals surface area contributed by atoms with E-state index in [1.165, 1.54) is 5.56 Å². The Hall–Kier alpha value is -0.770. The van der Waals surface area contributed by atoms with Gasteiger partial charge in [-0.1, -0.05) is 12.1 Å². The molecule has 3 nitrogen and oxygen atoms in total. The lowest BCUT2D eigenvalue weighted by atomic mass is 9.85. The summed E-state index contributed by atoms with van der Waals surface area (Å²) in [5.74, 6) is 0.896. The Morgan fingerprint density at radius 2 is 1.88 bits per heavy atom. The normalized spacial score (nSPS) is 18.2. The van der Waals surface area contributed by atoms with Crippen molar-refractivity contribution in [3.63, 3.8) is 0 Å². The van der Waals surface area contributed by atoms with E-state index in [2.05, 4.69) is 17.4 Å². The smallest absolute Gasteiger partial charge is 0.119 e. The molecular weight excluding hydrogens is 238 g/mol. The Bertz CT molecular complexity index is 351. The lowest BCUT2D eigenvalue weighted by molar-refractivity contribution is -0.0392. The number of nitrogens with one attached hydrogen (secondary N) is 1. The summed E-state index contributed by atoms with van der Waals surface area (Å²) in [5.41, 5.74) is 1.08. The molecule has 1 aliphatic heterocycles. The summed E-state index contributed by atoms with van der Waals surface area (Å²) in [6.45, 7) is 2.01. The van der Waals surface area contributed by atoms with Crippen LogP contribution in [-0.4, -0.2) is 27.3 Å². The van der Waals surface area contributed by atoms with Crippen molar-refractivity contribution < 1.29 is 9.47 Å². The van der Waals surface area contributed by atoms with Crippen molar-refractivity contribution in [3.8, 4) is 5.75 Å². The van der Waals surface area contributed by atoms with Gasteiger partial charge in [0.2, 0.25) is 0 Å². The molecule has 0 amide bonds. The van der Waals surface area contributed by atoms with E-state index in [1.54, 1.807) is 14.2 Å². The zero-order chi connectivity index (χ0) is 11.4. The molecule has 0 atom stereocenters. The van der Waals surface area contributed by atoms with E-state index < -0.39 is 0 Å². The fourth-order valence-electron chi connectivity index (χ4n) is 2.35. The van der Waals surface area contributed by atoms with Gasteiger partial charge in [0, 0.05) is 7.11 Å². The minimum absolute atomic E-state index is 0. The summed E-state index contributed by atoms with van der Waals surface area (Å²) in [6, 6.07) is 8.19. The number of hydrogen-bond acceptors (Lipinski definition) is 3. The number of ether oxygens (including phenoxy) is 2. The molecule has 0 saturated carbocycles. The predicted molar refractivity (Wildman–Crippen MR) is 71.0 cm³/mol. The average Bonchev–Trinajstić information content (AvgIpc) is 2.39. The third kappa shape index (κ3) is 2.92. The predicted octanol–water partition coefficient (Wildman–Crippen LogP) is 2.34. The quantitative estimate of drug-likeness (QED) is 0.902. The second-order valence-corrected chi connectivity index (χ2v) is 4.18. The summed E-state index contributed by atoms with van der Waals surface area (Å²) in [5, 5.41) is 3.36. The van der Waals surface area contributed by atoms with Gasteiger partial charge >= 0.3 is 0 Å². The van der Waals surface area contributed by atoms with Crippen LogP contribution in [0.25, 0.3) is 0 Å². The average molecular weight is 258 g/mol. The van der Waals surface area contributed by atoms with Crippen molar-refractivity contribution in [2.24, 2.45) is 0 Å². The zero-order valence-electron chi connectivity index (χ0n) is 10.4. The summed E-state index contributed by atoms with van der Waals surface area (Å²) in [7, 11) is 3.49. The van der Waals surface area contributed by atoms with Crippen LogP contribution in [0.15, 0.2) is 24.3 Å². The van der Waals surface area contributed by atoms with Crippen molar-refractivity contribution in [1.29, 1.82) is 0 Å². The van der Waals surface area contributed by atoms with Crippen molar-refractivity contribution in [2.75, 3.05) is 27.3 Å². The van der Waals surface area contributed by atoms with Crippen LogP contribution in [0.1, 0.15) is 18.4 Å². The SMILES string of the molecule is COc1cccc(C2(OC)CCNCC2)c1.Cl. The van der Waals surface area contributed by atoms with E-state index in [1.807, 2.05) is 12.1 Å². The molecule has 1 saturated heterocycles. The molecule has 1 N–H and O–H groups in total. The molecule has 0 bridgehead atoms. The summed E-state index contributed by atoms with van der Waals surface area (Å²) in [4.78, 5) is 0. The van der Waals surface area contributed by atoms with E-state index in [4.69, 9.17) is 9.47 Å². The first-order valence-electron chi connectivity index (χ1n) is 5.71. The Balaban J connectivity index is 0.00000144. The van der Waals surface area contributed by atoms with Crippen molar-refractivity contribution in [3.05, 3.63) is 29.8 Å². The highest BCUT2D eigenvalue weighted by Crippen LogP contribution is 2.35. The maximum atomic E-state index is 5.77. The molecule has 17 heavy (non-hydrogen) atoms. The molecule has 0 aliphatic carbocycles. The molecule has 0 aromatic heterocycles. The van der Waals surface area contributed by atoms with Crippen molar-refractivity contribution in [1.82, 2.24) is 5.32 Å². The maximum Gasteiger partial charge on any atom is 0.119 e. The standard InChI is InChI=1S/C13H19NO2.ClH/c1-15-12-5-3-4-11(10-12)13(16-2)6-8-14-9-7-13;/h3-5,10,14H,6-9H2,1-2H3;1H. The monoisotopic (exact) mass is 257 g/mol. The van der Waals surface area contributed by atoms with Gasteiger partial charge in [0.1, 0.15) is 5.75 Å². The number of hydrogen-bond donors (Lipinski definition) is 1. The molecule has 1 heterocycles. The van der Waals surface area contributed by atoms with Gasteiger partial charge in [0.05, 0.1) is 12.7 Å². The fourth-order valence-corrected chi connectivity index (χ4v) is 2.35. The molecule has 1 aliphatic rings. The first-order valence-corrected chi connectivity index (χ1v) is 5.71. The minimum Gasteiger partial charge on any atom is -0.497 e. The van der Waals surface area contributed by atoms with Gasteiger partial charge in [-0.25, -0.2) is 0 Å². The molecule has 1 fully saturated rings. The van der Waals surface area contributed by atoms with Gasteiger partial charge < -0.3 is 14.8 Å². The van der Waals surface area contributed by atoms with E-state index in [-0.39, 0.29) is 18.0 Å². The van der Waals surface area contributed by atoms with Crippen LogP contribution in [-0.2, 0) is 10.3 Å². The number of benzene rings is 1. The van der Waals surface area contributed by atoms with Crippen LogP contribution in [0, 0.1) is 0 Å². The Kier molecular flexibility index (Phi) is 5.25. The Morgan fingerprint density at radius 3 is 2.47 bits per heavy atom. The van der Waals surface area contributed by atoms with Crippen LogP contribution < -0.4 is 10.1 Å². The molecule has 2 rings (SSSR count). The topological polar surface area (TPSA) is 30.5 Å². The largest absolute Gasteiger partial charge is 0.497 e. The van der Waals surface area contributed by atoms with Crippen LogP contribution in [0.4, 0.5) is 0 Å². The highest BCUT2D eigenvalue weighted by molar-refractivity contribution is 5.85. The summed E-state index contributed by atoms with van der Waals surface area (Å²) in [6.07, 6.45) is 2.02. The third-order valence-corrected chi connectivity index (χ3v) is 3.40. The van der Waals surface area contributed by atoms with E-state index in [0.29, 0.717) is 0 Å². The van der Waals surface area contributed by atoms with E-state index in [0.717, 1.165) is 31.7 Å². The van der Waals surface area contributed by atoms with Crippen molar-refractivity contribution >= 4 is 12.4 Å². The molecule has 1 aromatic rings. The molecule has 96 valence electrons. The van der Waals surface area contributed by atoms with Gasteiger partial charge in [-0.05, 0) is 43.6 Å². The number of rotatable bonds is 3. The van der Waals surface area contributed by atoms with Crippen LogP contribution >= 0.6 is 12.4 Å². The van der Waals surface area contributed by atoms with Crippen molar-refractivity contribution in [2.45, 2.75) is 18.4 Å². The van der Waals surface area contributed by atoms with Crippen LogP contribution in [0.3, 0.4) is 0 Å². The van der Waals surface area contributed by atoms with E-state index in [9.17, 15) is 0 Å². The fraction of sp³-hybridized carbons (Fsp3) is 0.538. The molecule has 1 aromatic carbocycles. The number of halogens is 1. The highest BCUT2D eigenvalue weighted by Gasteiger charge is 2.33. The second-order valence-electron chi connectivity index (χ2n) is 4.18. The lowest BCUT2D eigenvalue weighted by Crippen LogP contribution is -2.41. The van der Waals surface area contributed by atoms with E-state index >= 15 is 0 Å². The van der Waals surface area contributed by atoms with Gasteiger partial charge in [-0.2, -0.15) is 0 Å². The van der Waals surface area contributed by atoms with Gasteiger partial charge in [0.15, 0.2) is 0 Å². The van der Waals surface area contributed by atoms with Gasteiger partial charge in [0.25, 0.3) is 0 Å². The zero-order valence-corrected chi connectivity index (χ0v) is 11.2. The summed E-state index contributed by atoms with van der Waals surface area (Å²) >= 11 is 0.